The summed E-state index contributed by atoms with van der Waals surface area (Å²) < 4.78 is 0. The third kappa shape index (κ3) is 2.79. The second-order valence-corrected chi connectivity index (χ2v) is 4.98. The molecule has 1 aliphatic rings. The highest BCUT2D eigenvalue weighted by molar-refractivity contribution is 5.85. The van der Waals surface area contributed by atoms with E-state index in [-0.39, 0.29) is 12.1 Å². The third-order valence-corrected chi connectivity index (χ3v) is 3.60. The molecule has 0 aromatic heterocycles. The molecule has 18 heavy (non-hydrogen) atoms. The van der Waals surface area contributed by atoms with Crippen LogP contribution in [0, 0.1) is 0 Å². The number of piperazine rings is 1. The van der Waals surface area contributed by atoms with E-state index in [2.05, 4.69) is 36.3 Å². The molecular formula is C15H22N2O. The monoisotopic (exact) mass is 246 g/mol. The predicted molar refractivity (Wildman–Crippen MR) is 73.5 cm³/mol. The number of ketones is 1. The Labute approximate surface area is 109 Å². The van der Waals surface area contributed by atoms with Crippen molar-refractivity contribution in [3.05, 3.63) is 35.9 Å². The fraction of sp³-hybridized carbons (Fsp3) is 0.533. The number of carbonyl (C=O) groups is 1. The van der Waals surface area contributed by atoms with Crippen LogP contribution in [0.15, 0.2) is 30.3 Å². The molecule has 0 aliphatic carbocycles. The van der Waals surface area contributed by atoms with Gasteiger partial charge in [0.2, 0.25) is 0 Å². The lowest BCUT2D eigenvalue weighted by Crippen LogP contribution is -2.54. The molecule has 1 saturated heterocycles. The fourth-order valence-corrected chi connectivity index (χ4v) is 2.69. The van der Waals surface area contributed by atoms with Crippen LogP contribution in [0.25, 0.3) is 0 Å². The number of hydrogen-bond donors (Lipinski definition) is 1. The number of rotatable bonds is 4. The van der Waals surface area contributed by atoms with Gasteiger partial charge in [0.1, 0.15) is 0 Å². The van der Waals surface area contributed by atoms with Gasteiger partial charge in [0.15, 0.2) is 5.78 Å². The molecule has 0 radical (unpaired) electrons. The summed E-state index contributed by atoms with van der Waals surface area (Å²) in [5.74, 6) is 0.348. The molecule has 1 heterocycles. The van der Waals surface area contributed by atoms with Crippen LogP contribution in [-0.4, -0.2) is 36.9 Å². The minimum atomic E-state index is -0.0268. The van der Waals surface area contributed by atoms with Crippen molar-refractivity contribution >= 4 is 5.78 Å². The number of benzene rings is 1. The summed E-state index contributed by atoms with van der Waals surface area (Å²) >= 11 is 0. The van der Waals surface area contributed by atoms with Gasteiger partial charge in [-0.2, -0.15) is 0 Å². The number of likely N-dealkylation sites (N-methyl/N-ethyl adjacent to an activating group) is 1. The van der Waals surface area contributed by atoms with E-state index < -0.39 is 0 Å². The van der Waals surface area contributed by atoms with E-state index in [1.807, 2.05) is 18.2 Å². The molecule has 1 N–H and O–H groups in total. The van der Waals surface area contributed by atoms with Gasteiger partial charge < -0.3 is 5.32 Å². The van der Waals surface area contributed by atoms with Crippen LogP contribution in [0.3, 0.4) is 0 Å². The predicted octanol–water partition coefficient (Wildman–Crippen LogP) is 2.00. The highest BCUT2D eigenvalue weighted by atomic mass is 16.1. The second kappa shape index (κ2) is 6.12. The maximum absolute atomic E-state index is 12.3. The maximum atomic E-state index is 12.3. The Kier molecular flexibility index (Phi) is 4.50. The first kappa shape index (κ1) is 13.2. The molecule has 0 saturated carbocycles. The zero-order chi connectivity index (χ0) is 13.0. The molecule has 3 nitrogen and oxygen atoms in total. The van der Waals surface area contributed by atoms with Crippen LogP contribution in [0.4, 0.5) is 0 Å². The van der Waals surface area contributed by atoms with Crippen LogP contribution in [-0.2, 0) is 4.79 Å². The first-order valence-electron chi connectivity index (χ1n) is 6.75. The van der Waals surface area contributed by atoms with Crippen molar-refractivity contribution in [2.24, 2.45) is 0 Å². The SMILES string of the molecule is CCCC(=O)C1C(c2ccccc2)NCCN1C. The standard InChI is InChI=1S/C15H22N2O/c1-3-7-13(18)15-14(16-10-11-17(15)2)12-8-5-4-6-9-12/h4-6,8-9,14-16H,3,7,10-11H2,1-2H3. The first-order valence-corrected chi connectivity index (χ1v) is 6.75. The van der Waals surface area contributed by atoms with Crippen molar-refractivity contribution in [2.75, 3.05) is 20.1 Å². The van der Waals surface area contributed by atoms with Crippen LogP contribution >= 0.6 is 0 Å². The van der Waals surface area contributed by atoms with Gasteiger partial charge in [0, 0.05) is 19.5 Å². The molecule has 0 bridgehead atoms. The summed E-state index contributed by atoms with van der Waals surface area (Å²) in [6.07, 6.45) is 1.59. The number of Topliss-reactive ketones (excluding diaryl/α,β-unsaturated/α-hetero) is 1. The molecule has 2 unspecified atom stereocenters. The number of carbonyl (C=O) groups excluding carboxylic acids is 1. The Morgan fingerprint density at radius 2 is 2.11 bits per heavy atom. The molecular weight excluding hydrogens is 224 g/mol. The maximum Gasteiger partial charge on any atom is 0.151 e. The average molecular weight is 246 g/mol. The zero-order valence-corrected chi connectivity index (χ0v) is 11.2. The van der Waals surface area contributed by atoms with Crippen LogP contribution in [0.1, 0.15) is 31.4 Å². The highest BCUT2D eigenvalue weighted by Gasteiger charge is 2.34. The molecule has 98 valence electrons. The zero-order valence-electron chi connectivity index (χ0n) is 11.2. The average Bonchev–Trinajstić information content (AvgIpc) is 2.39. The lowest BCUT2D eigenvalue weighted by Gasteiger charge is -2.39. The Hall–Kier alpha value is -1.19. The van der Waals surface area contributed by atoms with E-state index >= 15 is 0 Å². The molecule has 0 amide bonds. The molecule has 0 spiro atoms. The van der Waals surface area contributed by atoms with Gasteiger partial charge in [-0.25, -0.2) is 0 Å². The summed E-state index contributed by atoms with van der Waals surface area (Å²) in [5, 5.41) is 3.49. The fourth-order valence-electron chi connectivity index (χ4n) is 2.69. The van der Waals surface area contributed by atoms with E-state index in [9.17, 15) is 4.79 Å². The summed E-state index contributed by atoms with van der Waals surface area (Å²) in [6, 6.07) is 10.4. The molecule has 1 aliphatic heterocycles. The Balaban J connectivity index is 2.23. The minimum Gasteiger partial charge on any atom is -0.307 e. The van der Waals surface area contributed by atoms with Crippen molar-refractivity contribution in [1.82, 2.24) is 10.2 Å². The van der Waals surface area contributed by atoms with Crippen molar-refractivity contribution in [3.8, 4) is 0 Å². The lowest BCUT2D eigenvalue weighted by atomic mass is 9.91. The van der Waals surface area contributed by atoms with Crippen molar-refractivity contribution in [2.45, 2.75) is 31.8 Å². The van der Waals surface area contributed by atoms with Gasteiger partial charge in [-0.3, -0.25) is 9.69 Å². The largest absolute Gasteiger partial charge is 0.307 e. The Morgan fingerprint density at radius 3 is 2.78 bits per heavy atom. The van der Waals surface area contributed by atoms with Gasteiger partial charge >= 0.3 is 0 Å². The van der Waals surface area contributed by atoms with Gasteiger partial charge in [-0.15, -0.1) is 0 Å². The van der Waals surface area contributed by atoms with E-state index in [1.54, 1.807) is 0 Å². The van der Waals surface area contributed by atoms with Crippen molar-refractivity contribution in [1.29, 1.82) is 0 Å². The quantitative estimate of drug-likeness (QED) is 0.882. The Bertz CT molecular complexity index is 391. The molecule has 1 fully saturated rings. The highest BCUT2D eigenvalue weighted by Crippen LogP contribution is 2.24. The molecule has 2 atom stereocenters. The molecule has 3 heteroatoms. The number of hydrogen-bond acceptors (Lipinski definition) is 3. The van der Waals surface area contributed by atoms with Crippen molar-refractivity contribution < 1.29 is 4.79 Å². The van der Waals surface area contributed by atoms with E-state index in [4.69, 9.17) is 0 Å². The number of nitrogens with one attached hydrogen (secondary N) is 1. The number of nitrogens with zero attached hydrogens (tertiary/aromatic N) is 1. The van der Waals surface area contributed by atoms with Gasteiger partial charge in [-0.1, -0.05) is 37.3 Å². The second-order valence-electron chi connectivity index (χ2n) is 4.98. The Morgan fingerprint density at radius 1 is 1.39 bits per heavy atom. The van der Waals surface area contributed by atoms with Crippen LogP contribution < -0.4 is 5.32 Å². The normalized spacial score (nSPS) is 25.0. The smallest absolute Gasteiger partial charge is 0.151 e. The van der Waals surface area contributed by atoms with Crippen molar-refractivity contribution in [3.63, 3.8) is 0 Å². The third-order valence-electron chi connectivity index (χ3n) is 3.60. The summed E-state index contributed by atoms with van der Waals surface area (Å²) in [4.78, 5) is 14.5. The van der Waals surface area contributed by atoms with Crippen LogP contribution in [0.2, 0.25) is 0 Å². The van der Waals surface area contributed by atoms with E-state index in [0.717, 1.165) is 19.5 Å². The molecule has 2 rings (SSSR count). The minimum absolute atomic E-state index is 0.0268. The van der Waals surface area contributed by atoms with E-state index in [0.29, 0.717) is 12.2 Å². The van der Waals surface area contributed by atoms with Gasteiger partial charge in [0.25, 0.3) is 0 Å². The summed E-state index contributed by atoms with van der Waals surface area (Å²) in [7, 11) is 2.05. The molecule has 1 aromatic carbocycles. The van der Waals surface area contributed by atoms with Gasteiger partial charge in [-0.05, 0) is 19.0 Å². The molecule has 1 aromatic rings. The van der Waals surface area contributed by atoms with Gasteiger partial charge in [0.05, 0.1) is 12.1 Å². The topological polar surface area (TPSA) is 32.3 Å². The summed E-state index contributed by atoms with van der Waals surface area (Å²) in [5.41, 5.74) is 1.21. The van der Waals surface area contributed by atoms with E-state index in [1.165, 1.54) is 5.56 Å². The first-order chi connectivity index (χ1) is 8.74. The summed E-state index contributed by atoms with van der Waals surface area (Å²) in [6.45, 7) is 3.93. The van der Waals surface area contributed by atoms with Crippen LogP contribution in [0.5, 0.6) is 0 Å². The lowest BCUT2D eigenvalue weighted by molar-refractivity contribution is -0.125.